The number of benzene rings is 1. The molecule has 0 heterocycles. The van der Waals surface area contributed by atoms with E-state index in [0.29, 0.717) is 0 Å². The summed E-state index contributed by atoms with van der Waals surface area (Å²) in [6.45, 7) is 5.29. The zero-order valence-electron chi connectivity index (χ0n) is 23.5. The number of aliphatic hydroxyl groups is 3. The molecular weight excluding hydrogens is 539 g/mol. The van der Waals surface area contributed by atoms with Gasteiger partial charge in [0.25, 0.3) is 5.91 Å². The summed E-state index contributed by atoms with van der Waals surface area (Å²) >= 11 is 0. The van der Waals surface area contributed by atoms with Crippen LogP contribution in [0.2, 0.25) is 0 Å². The fourth-order valence-electron chi connectivity index (χ4n) is 6.05. The number of phenolic OH excluding ortho intramolecular Hbond substituents is 1. The number of carbonyl (C=O) groups is 4. The number of rotatable bonds is 6. The normalized spacial score (nSPS) is 26.1. The average Bonchev–Trinajstić information content (AvgIpc) is 2.85. The van der Waals surface area contributed by atoms with Crippen LogP contribution in [0.5, 0.6) is 5.75 Å². The maximum absolute atomic E-state index is 15.4. The van der Waals surface area contributed by atoms with Crippen LogP contribution in [0.1, 0.15) is 43.9 Å². The zero-order chi connectivity index (χ0) is 30.8. The fraction of sp³-hybridized carbons (Fsp3) is 0.500. The molecule has 8 N–H and O–H groups in total. The first-order valence-electron chi connectivity index (χ1n) is 13.1. The lowest BCUT2D eigenvalue weighted by molar-refractivity contribution is -0.153. The minimum atomic E-state index is -2.79. The van der Waals surface area contributed by atoms with Crippen molar-refractivity contribution in [3.05, 3.63) is 45.5 Å². The second-order valence-electron chi connectivity index (χ2n) is 12.1. The predicted octanol–water partition coefficient (Wildman–Crippen LogP) is 0.107. The van der Waals surface area contributed by atoms with Crippen LogP contribution >= 0.6 is 0 Å². The molecule has 0 spiro atoms. The second kappa shape index (κ2) is 10.2. The molecule has 1 saturated carbocycles. The topological polar surface area (TPSA) is 203 Å². The molecule has 0 aromatic heterocycles. The molecule has 41 heavy (non-hydrogen) atoms. The van der Waals surface area contributed by atoms with Crippen molar-refractivity contribution >= 4 is 29.1 Å². The van der Waals surface area contributed by atoms with Gasteiger partial charge in [-0.05, 0) is 59.7 Å². The highest BCUT2D eigenvalue weighted by Crippen LogP contribution is 2.53. The van der Waals surface area contributed by atoms with Gasteiger partial charge in [-0.15, -0.1) is 0 Å². The van der Waals surface area contributed by atoms with Crippen LogP contribution in [0, 0.1) is 17.7 Å². The summed E-state index contributed by atoms with van der Waals surface area (Å²) in [5, 5.41) is 50.3. The van der Waals surface area contributed by atoms with Gasteiger partial charge in [0.05, 0.1) is 18.2 Å². The van der Waals surface area contributed by atoms with Gasteiger partial charge >= 0.3 is 0 Å². The summed E-state index contributed by atoms with van der Waals surface area (Å²) in [6.07, 6.45) is -0.319. The molecule has 12 nitrogen and oxygen atoms in total. The van der Waals surface area contributed by atoms with Gasteiger partial charge in [-0.25, -0.2) is 4.39 Å². The Morgan fingerprint density at radius 3 is 2.39 bits per heavy atom. The Bertz CT molecular complexity index is 1430. The van der Waals surface area contributed by atoms with Crippen molar-refractivity contribution in [1.82, 2.24) is 15.5 Å². The Labute approximate surface area is 235 Å². The molecule has 222 valence electrons. The maximum atomic E-state index is 15.4. The molecule has 2 amide bonds. The number of phenols is 1. The van der Waals surface area contributed by atoms with Crippen LogP contribution in [0.25, 0.3) is 5.76 Å². The minimum absolute atomic E-state index is 0.0380. The number of nitrogens with one attached hydrogen (secondary N) is 2. The van der Waals surface area contributed by atoms with Crippen LogP contribution < -0.4 is 16.4 Å². The van der Waals surface area contributed by atoms with Gasteiger partial charge in [0.1, 0.15) is 28.7 Å². The summed E-state index contributed by atoms with van der Waals surface area (Å²) in [5.41, 5.74) is 0.364. The number of ketones is 2. The van der Waals surface area contributed by atoms with Gasteiger partial charge in [-0.1, -0.05) is 0 Å². The number of likely N-dealkylation sites (N-methyl/N-ethyl adjacent to an activating group) is 1. The highest BCUT2D eigenvalue weighted by molar-refractivity contribution is 6.24. The third kappa shape index (κ3) is 4.87. The molecule has 3 aliphatic rings. The van der Waals surface area contributed by atoms with Crippen molar-refractivity contribution in [3.8, 4) is 5.75 Å². The van der Waals surface area contributed by atoms with Gasteiger partial charge in [0, 0.05) is 34.7 Å². The van der Waals surface area contributed by atoms with Crippen LogP contribution in [-0.2, 0) is 32.1 Å². The summed E-state index contributed by atoms with van der Waals surface area (Å²) in [7, 11) is 2.98. The number of carbonyl (C=O) groups excluding carboxylic acids is 4. The number of fused-ring (bicyclic) bond motifs is 3. The zero-order valence-corrected chi connectivity index (χ0v) is 23.5. The summed E-state index contributed by atoms with van der Waals surface area (Å²) in [6, 6.07) is -0.199. The average molecular weight is 575 g/mol. The summed E-state index contributed by atoms with van der Waals surface area (Å²) < 4.78 is 15.4. The van der Waals surface area contributed by atoms with E-state index in [1.54, 1.807) is 0 Å². The molecular formula is C28H35FN4O8. The van der Waals surface area contributed by atoms with E-state index < -0.39 is 75.5 Å². The molecule has 1 fully saturated rings. The predicted molar refractivity (Wildman–Crippen MR) is 144 cm³/mol. The van der Waals surface area contributed by atoms with Crippen LogP contribution in [0.4, 0.5) is 4.39 Å². The first-order chi connectivity index (χ1) is 18.9. The Hall–Kier alpha value is -3.81. The minimum Gasteiger partial charge on any atom is -0.508 e. The largest absolute Gasteiger partial charge is 0.508 e. The molecule has 1 aromatic carbocycles. The lowest BCUT2D eigenvalue weighted by atomic mass is 9.57. The summed E-state index contributed by atoms with van der Waals surface area (Å²) in [5.74, 6) is -9.34. The highest BCUT2D eigenvalue weighted by atomic mass is 19.1. The smallest absolute Gasteiger partial charge is 0.255 e. The van der Waals surface area contributed by atoms with Crippen molar-refractivity contribution in [1.29, 1.82) is 0 Å². The van der Waals surface area contributed by atoms with E-state index in [1.807, 2.05) is 20.8 Å². The van der Waals surface area contributed by atoms with Gasteiger partial charge in [0.2, 0.25) is 11.7 Å². The number of aliphatic hydroxyl groups excluding tert-OH is 2. The van der Waals surface area contributed by atoms with Crippen molar-refractivity contribution in [2.45, 2.75) is 57.3 Å². The van der Waals surface area contributed by atoms with E-state index in [4.69, 9.17) is 5.73 Å². The van der Waals surface area contributed by atoms with Crippen LogP contribution in [-0.4, -0.2) is 86.5 Å². The molecule has 0 saturated heterocycles. The van der Waals surface area contributed by atoms with Gasteiger partial charge in [-0.2, -0.15) is 0 Å². The van der Waals surface area contributed by atoms with E-state index in [-0.39, 0.29) is 53.7 Å². The van der Waals surface area contributed by atoms with Crippen molar-refractivity contribution in [2.24, 2.45) is 17.6 Å². The lowest BCUT2D eigenvalue weighted by Gasteiger charge is -2.50. The molecule has 1 aromatic rings. The number of nitrogens with zero attached hydrogens (tertiary/aromatic N) is 1. The third-order valence-corrected chi connectivity index (χ3v) is 8.00. The Kier molecular flexibility index (Phi) is 7.52. The lowest BCUT2D eigenvalue weighted by Crippen LogP contribution is -2.65. The Balaban J connectivity index is 1.78. The first-order valence-corrected chi connectivity index (χ1v) is 13.1. The number of aromatic hydroxyl groups is 1. The highest BCUT2D eigenvalue weighted by Gasteiger charge is 2.64. The van der Waals surface area contributed by atoms with E-state index >= 15 is 4.39 Å². The number of Topliss-reactive ketones (excluding diaryl/α,β-unsaturated/α-hetero) is 2. The monoisotopic (exact) mass is 574 g/mol. The first kappa shape index (κ1) is 30.2. The molecule has 0 aliphatic heterocycles. The Morgan fingerprint density at radius 2 is 1.83 bits per heavy atom. The molecule has 3 aliphatic carbocycles. The number of amides is 2. The number of nitrogens with two attached hydrogens (primary N) is 1. The number of halogens is 1. The molecule has 13 heteroatoms. The van der Waals surface area contributed by atoms with Crippen LogP contribution in [0.15, 0.2) is 23.0 Å². The molecule has 4 rings (SSSR count). The molecule has 4 atom stereocenters. The standard InChI is InChI=1S/C28H35FN4O8/c1-27(2,3)32-10-16(34)31-9-12-8-15(29)13-6-11-7-14-20(33(4)5)23(37)19(26(30)40)25(39)28(14,41)24(38)17(11)22(36)18(13)21(12)35/h8,11,14,20,32,35-36,39,41H,6-7,9-10H2,1-5H3,(H2,30,40)(H,31,34)/t11-,14-,20-,28-/m0/s1. The van der Waals surface area contributed by atoms with Crippen molar-refractivity contribution < 1.29 is 44.0 Å². The van der Waals surface area contributed by atoms with E-state index in [1.165, 1.54) is 19.0 Å². The fourth-order valence-corrected chi connectivity index (χ4v) is 6.05. The van der Waals surface area contributed by atoms with E-state index in [2.05, 4.69) is 10.6 Å². The van der Waals surface area contributed by atoms with Gasteiger partial charge in [-0.3, -0.25) is 24.1 Å². The van der Waals surface area contributed by atoms with Gasteiger partial charge < -0.3 is 36.8 Å². The molecule has 0 unspecified atom stereocenters. The second-order valence-corrected chi connectivity index (χ2v) is 12.1. The number of hydrogen-bond acceptors (Lipinski definition) is 10. The van der Waals surface area contributed by atoms with Crippen molar-refractivity contribution in [2.75, 3.05) is 20.6 Å². The number of hydrogen-bond donors (Lipinski definition) is 7. The van der Waals surface area contributed by atoms with E-state index in [9.17, 15) is 39.6 Å². The Morgan fingerprint density at radius 1 is 1.20 bits per heavy atom. The van der Waals surface area contributed by atoms with Crippen molar-refractivity contribution in [3.63, 3.8) is 0 Å². The SMILES string of the molecule is CN(C)[C@@H]1C(=O)C(C(N)=O)=C(O)[C@@]2(O)C(=O)C3=C(O)c4c(O)c(CNC(=O)CNC(C)(C)C)cc(F)c4C[C@H]3C[C@@H]12. The summed E-state index contributed by atoms with van der Waals surface area (Å²) in [4.78, 5) is 52.7. The van der Waals surface area contributed by atoms with E-state index in [0.717, 1.165) is 6.07 Å². The molecule has 0 radical (unpaired) electrons. The molecule has 0 bridgehead atoms. The third-order valence-electron chi connectivity index (χ3n) is 8.00. The number of primary amides is 1. The van der Waals surface area contributed by atoms with Crippen LogP contribution in [0.3, 0.4) is 0 Å². The maximum Gasteiger partial charge on any atom is 0.255 e. The quantitative estimate of drug-likeness (QED) is 0.229. The van der Waals surface area contributed by atoms with Gasteiger partial charge in [0.15, 0.2) is 11.4 Å².